The molecule has 0 spiro atoms. The zero-order valence-electron chi connectivity index (χ0n) is 15.5. The van der Waals surface area contributed by atoms with E-state index < -0.39 is 5.60 Å². The third-order valence-electron chi connectivity index (χ3n) is 8.36. The minimum Gasteiger partial charge on any atom is -0.385 e. The molecule has 2 nitrogen and oxygen atoms in total. The average Bonchev–Trinajstić information content (AvgIpc) is 2.74. The maximum absolute atomic E-state index is 12.3. The van der Waals surface area contributed by atoms with E-state index in [1.54, 1.807) is 0 Å². The molecule has 2 saturated carbocycles. The maximum Gasteiger partial charge on any atom is 0.158 e. The fraction of sp³-hybridized carbons (Fsp3) is 0.682. The normalized spacial score (nSPS) is 50.6. The van der Waals surface area contributed by atoms with Gasteiger partial charge in [-0.2, -0.15) is 0 Å². The molecule has 0 unspecified atom stereocenters. The summed E-state index contributed by atoms with van der Waals surface area (Å²) in [6, 6.07) is 0. The summed E-state index contributed by atoms with van der Waals surface area (Å²) in [5, 5.41) is 10.9. The number of Topliss-reactive ketones (excluding diaryl/α,β-unsaturated/α-hetero) is 1. The maximum atomic E-state index is 12.3. The Morgan fingerprint density at radius 1 is 1.25 bits per heavy atom. The molecule has 130 valence electrons. The van der Waals surface area contributed by atoms with E-state index in [4.69, 9.17) is 0 Å². The fourth-order valence-electron chi connectivity index (χ4n) is 6.73. The van der Waals surface area contributed by atoms with Crippen molar-refractivity contribution in [2.75, 3.05) is 0 Å². The van der Waals surface area contributed by atoms with Gasteiger partial charge in [-0.1, -0.05) is 38.2 Å². The van der Waals surface area contributed by atoms with Gasteiger partial charge in [-0.15, -0.1) is 0 Å². The van der Waals surface area contributed by atoms with Crippen molar-refractivity contribution in [2.45, 2.75) is 65.4 Å². The number of hydrogen-bond donors (Lipinski definition) is 1. The van der Waals surface area contributed by atoms with E-state index in [2.05, 4.69) is 26.5 Å². The molecule has 0 saturated heterocycles. The van der Waals surface area contributed by atoms with Crippen LogP contribution in [0.1, 0.15) is 59.8 Å². The summed E-state index contributed by atoms with van der Waals surface area (Å²) in [6.07, 6.45) is 9.13. The van der Waals surface area contributed by atoms with E-state index in [0.29, 0.717) is 30.0 Å². The van der Waals surface area contributed by atoms with Crippen LogP contribution in [-0.2, 0) is 4.79 Å². The summed E-state index contributed by atoms with van der Waals surface area (Å²) < 4.78 is 0. The zero-order chi connectivity index (χ0) is 17.5. The molecule has 2 heteroatoms. The van der Waals surface area contributed by atoms with E-state index in [1.165, 1.54) is 11.1 Å². The Morgan fingerprint density at radius 3 is 2.67 bits per heavy atom. The van der Waals surface area contributed by atoms with Gasteiger partial charge in [-0.05, 0) is 73.8 Å². The van der Waals surface area contributed by atoms with Gasteiger partial charge in [-0.3, -0.25) is 4.79 Å². The lowest BCUT2D eigenvalue weighted by Gasteiger charge is -2.59. The molecular weight excluding hydrogens is 296 g/mol. The molecule has 4 aliphatic rings. The summed E-state index contributed by atoms with van der Waals surface area (Å²) in [5.41, 5.74) is 2.73. The second-order valence-electron chi connectivity index (χ2n) is 9.41. The number of rotatable bonds is 0. The Morgan fingerprint density at radius 2 is 1.96 bits per heavy atom. The highest BCUT2D eigenvalue weighted by Crippen LogP contribution is 2.66. The second-order valence-corrected chi connectivity index (χ2v) is 9.41. The van der Waals surface area contributed by atoms with E-state index in [-0.39, 0.29) is 10.8 Å². The molecule has 0 aliphatic heterocycles. The second kappa shape index (κ2) is 4.72. The van der Waals surface area contributed by atoms with Gasteiger partial charge < -0.3 is 5.11 Å². The molecular formula is C22H30O2. The topological polar surface area (TPSA) is 37.3 Å². The molecule has 0 heterocycles. The van der Waals surface area contributed by atoms with Gasteiger partial charge in [0, 0.05) is 11.8 Å². The van der Waals surface area contributed by atoms with Gasteiger partial charge in [0.2, 0.25) is 0 Å². The quantitative estimate of drug-likeness (QED) is 0.661. The van der Waals surface area contributed by atoms with Gasteiger partial charge in [0.15, 0.2) is 5.78 Å². The number of fused-ring (bicyclic) bond motifs is 5. The average molecular weight is 326 g/mol. The predicted octanol–water partition coefficient (Wildman–Crippen LogP) is 4.60. The smallest absolute Gasteiger partial charge is 0.158 e. The Labute approximate surface area is 145 Å². The Bertz CT molecular complexity index is 695. The first kappa shape index (κ1) is 16.3. The van der Waals surface area contributed by atoms with Crippen LogP contribution < -0.4 is 0 Å². The number of aliphatic hydroxyl groups is 1. The van der Waals surface area contributed by atoms with Crippen LogP contribution in [0.15, 0.2) is 35.5 Å². The lowest BCUT2D eigenvalue weighted by molar-refractivity contribution is -0.120. The Hall–Kier alpha value is -1.15. The summed E-state index contributed by atoms with van der Waals surface area (Å²) in [6.45, 7) is 13.0. The largest absolute Gasteiger partial charge is 0.385 e. The van der Waals surface area contributed by atoms with E-state index in [1.807, 2.05) is 19.9 Å². The SMILES string of the molecule is C=C1C[C@@H]2[C@H](CC[C@@]3(C)[C@H]2C=C[C@]3(C)O)[C@@]2(C)CCC(=O)C(C)=C12. The monoisotopic (exact) mass is 326 g/mol. The van der Waals surface area contributed by atoms with Gasteiger partial charge in [0.1, 0.15) is 0 Å². The van der Waals surface area contributed by atoms with Crippen molar-refractivity contribution in [3.8, 4) is 0 Å². The standard InChI is InChI=1S/C22H30O2/c1-13-12-15-16(20(3)9-8-18(23)14(2)19(13)20)6-10-21(4)17(15)7-11-22(21,5)24/h7,11,15-17,24H,1,6,8-10,12H2,2-5H3/t15-,16+,17+,20-,21+,22+/m1/s1. The molecule has 0 aromatic rings. The lowest BCUT2D eigenvalue weighted by atomic mass is 9.45. The molecule has 0 amide bonds. The minimum absolute atomic E-state index is 0.0639. The molecule has 4 rings (SSSR count). The van der Waals surface area contributed by atoms with Crippen molar-refractivity contribution in [3.63, 3.8) is 0 Å². The van der Waals surface area contributed by atoms with Crippen molar-refractivity contribution in [2.24, 2.45) is 28.6 Å². The van der Waals surface area contributed by atoms with Gasteiger partial charge in [0.05, 0.1) is 5.60 Å². The molecule has 4 aliphatic carbocycles. The Balaban J connectivity index is 1.80. The van der Waals surface area contributed by atoms with Crippen molar-refractivity contribution in [1.82, 2.24) is 0 Å². The molecule has 1 N–H and O–H groups in total. The highest BCUT2D eigenvalue weighted by Gasteiger charge is 2.61. The first-order valence-electron chi connectivity index (χ1n) is 9.46. The van der Waals surface area contributed by atoms with Crippen molar-refractivity contribution < 1.29 is 9.90 Å². The van der Waals surface area contributed by atoms with E-state index in [0.717, 1.165) is 31.3 Å². The first-order valence-corrected chi connectivity index (χ1v) is 9.46. The summed E-state index contributed by atoms with van der Waals surface area (Å²) in [7, 11) is 0. The van der Waals surface area contributed by atoms with E-state index in [9.17, 15) is 9.90 Å². The molecule has 0 aromatic carbocycles. The summed E-state index contributed by atoms with van der Waals surface area (Å²) in [5.74, 6) is 1.86. The highest BCUT2D eigenvalue weighted by molar-refractivity contribution is 5.97. The van der Waals surface area contributed by atoms with Crippen LogP contribution in [0.5, 0.6) is 0 Å². The molecule has 24 heavy (non-hydrogen) atoms. The van der Waals surface area contributed by atoms with E-state index >= 15 is 0 Å². The minimum atomic E-state index is -0.709. The van der Waals surface area contributed by atoms with Crippen molar-refractivity contribution >= 4 is 5.78 Å². The number of allylic oxidation sites excluding steroid dienone is 4. The number of ketones is 1. The molecule has 0 aromatic heterocycles. The summed E-state index contributed by atoms with van der Waals surface area (Å²) in [4.78, 5) is 12.3. The number of carbonyl (C=O) groups excluding carboxylic acids is 1. The number of carbonyl (C=O) groups is 1. The van der Waals surface area contributed by atoms with Gasteiger partial charge in [0.25, 0.3) is 0 Å². The molecule has 2 fully saturated rings. The van der Waals surface area contributed by atoms with Gasteiger partial charge >= 0.3 is 0 Å². The van der Waals surface area contributed by atoms with Crippen LogP contribution in [0.25, 0.3) is 0 Å². The molecule has 0 bridgehead atoms. The summed E-state index contributed by atoms with van der Waals surface area (Å²) >= 11 is 0. The lowest BCUT2D eigenvalue weighted by Crippen LogP contribution is -2.55. The highest BCUT2D eigenvalue weighted by atomic mass is 16.3. The zero-order valence-corrected chi connectivity index (χ0v) is 15.5. The first-order chi connectivity index (χ1) is 11.1. The van der Waals surface area contributed by atoms with Crippen LogP contribution in [0.3, 0.4) is 0 Å². The van der Waals surface area contributed by atoms with Crippen LogP contribution in [0.4, 0.5) is 0 Å². The third-order valence-corrected chi connectivity index (χ3v) is 8.36. The third kappa shape index (κ3) is 1.78. The van der Waals surface area contributed by atoms with Crippen LogP contribution in [0.2, 0.25) is 0 Å². The Kier molecular flexibility index (Phi) is 3.21. The van der Waals surface area contributed by atoms with Gasteiger partial charge in [-0.25, -0.2) is 0 Å². The van der Waals surface area contributed by atoms with Crippen LogP contribution >= 0.6 is 0 Å². The van der Waals surface area contributed by atoms with Crippen LogP contribution in [0, 0.1) is 28.6 Å². The molecule has 6 atom stereocenters. The van der Waals surface area contributed by atoms with Crippen LogP contribution in [-0.4, -0.2) is 16.5 Å². The van der Waals surface area contributed by atoms with Crippen molar-refractivity contribution in [1.29, 1.82) is 0 Å². The fourth-order valence-corrected chi connectivity index (χ4v) is 6.73. The van der Waals surface area contributed by atoms with Crippen molar-refractivity contribution in [3.05, 3.63) is 35.5 Å². The predicted molar refractivity (Wildman–Crippen MR) is 96.4 cm³/mol. The molecule has 0 radical (unpaired) electrons. The number of hydrogen-bond acceptors (Lipinski definition) is 2.